The van der Waals surface area contributed by atoms with Gasteiger partial charge in [-0.2, -0.15) is 0 Å². The van der Waals surface area contributed by atoms with E-state index in [9.17, 15) is 0 Å². The first-order chi connectivity index (χ1) is 8.25. The fraction of sp³-hybridized carbons (Fsp3) is 0.500. The maximum atomic E-state index is 2.50. The van der Waals surface area contributed by atoms with E-state index in [2.05, 4.69) is 55.2 Å². The van der Waals surface area contributed by atoms with Crippen LogP contribution in [0.2, 0.25) is 0 Å². The van der Waals surface area contributed by atoms with Crippen LogP contribution in [-0.2, 0) is 0 Å². The van der Waals surface area contributed by atoms with E-state index in [-0.39, 0.29) is 0 Å². The van der Waals surface area contributed by atoms with Crippen molar-refractivity contribution in [1.82, 2.24) is 0 Å². The first-order valence-corrected chi connectivity index (χ1v) is 6.79. The fourth-order valence-corrected chi connectivity index (χ4v) is 2.25. The van der Waals surface area contributed by atoms with Gasteiger partial charge in [-0.3, -0.25) is 0 Å². The smallest absolute Gasteiger partial charge is 0.0366 e. The molecule has 1 heteroatoms. The van der Waals surface area contributed by atoms with Crippen LogP contribution in [0.1, 0.15) is 38.7 Å². The summed E-state index contributed by atoms with van der Waals surface area (Å²) >= 11 is 0. The molecular formula is C16H23N. The molecule has 0 radical (unpaired) electrons. The van der Waals surface area contributed by atoms with Crippen molar-refractivity contribution < 1.29 is 0 Å². The van der Waals surface area contributed by atoms with Crippen molar-refractivity contribution in [2.45, 2.75) is 33.1 Å². The van der Waals surface area contributed by atoms with E-state index >= 15 is 0 Å². The Balaban J connectivity index is 2.01. The zero-order valence-corrected chi connectivity index (χ0v) is 11.0. The fourth-order valence-electron chi connectivity index (χ4n) is 2.25. The lowest BCUT2D eigenvalue weighted by molar-refractivity contribution is 0.578. The summed E-state index contributed by atoms with van der Waals surface area (Å²) in [6, 6.07) is 8.96. The molecule has 2 rings (SSSR count). The van der Waals surface area contributed by atoms with Gasteiger partial charge in [0.2, 0.25) is 0 Å². The maximum absolute atomic E-state index is 2.50. The van der Waals surface area contributed by atoms with Gasteiger partial charge in [0.05, 0.1) is 0 Å². The first-order valence-electron chi connectivity index (χ1n) is 6.79. The van der Waals surface area contributed by atoms with Crippen molar-refractivity contribution in [2.75, 3.05) is 18.0 Å². The van der Waals surface area contributed by atoms with Crippen molar-refractivity contribution in [3.63, 3.8) is 0 Å². The number of anilines is 1. The quantitative estimate of drug-likeness (QED) is 0.745. The Morgan fingerprint density at radius 1 is 1.00 bits per heavy atom. The van der Waals surface area contributed by atoms with Crippen LogP contribution in [0, 0.1) is 5.92 Å². The van der Waals surface area contributed by atoms with Gasteiger partial charge >= 0.3 is 0 Å². The molecule has 1 aliphatic rings. The zero-order chi connectivity index (χ0) is 12.1. The molecular weight excluding hydrogens is 206 g/mol. The number of allylic oxidation sites excluding steroid dienone is 1. The SMILES string of the molecule is CC(C)/C=C/c1ccc(N2CCCCC2)cc1. The normalized spacial score (nSPS) is 17.0. The van der Waals surface area contributed by atoms with Gasteiger partial charge in [0.1, 0.15) is 0 Å². The average molecular weight is 229 g/mol. The highest BCUT2D eigenvalue weighted by Crippen LogP contribution is 2.20. The number of piperidine rings is 1. The third kappa shape index (κ3) is 3.62. The molecule has 1 aromatic carbocycles. The molecule has 0 aromatic heterocycles. The Morgan fingerprint density at radius 3 is 2.24 bits per heavy atom. The molecule has 17 heavy (non-hydrogen) atoms. The molecule has 0 unspecified atom stereocenters. The van der Waals surface area contributed by atoms with Crippen LogP contribution >= 0.6 is 0 Å². The Hall–Kier alpha value is -1.24. The lowest BCUT2D eigenvalue weighted by Crippen LogP contribution is -2.29. The molecule has 1 aliphatic heterocycles. The largest absolute Gasteiger partial charge is 0.372 e. The Labute approximate surface area is 105 Å². The number of nitrogens with zero attached hydrogens (tertiary/aromatic N) is 1. The number of rotatable bonds is 3. The molecule has 1 nitrogen and oxygen atoms in total. The van der Waals surface area contributed by atoms with E-state index in [0.717, 1.165) is 0 Å². The van der Waals surface area contributed by atoms with Gasteiger partial charge in [-0.05, 0) is 42.9 Å². The highest BCUT2D eigenvalue weighted by Gasteiger charge is 2.09. The third-order valence-corrected chi connectivity index (χ3v) is 3.29. The Morgan fingerprint density at radius 2 is 1.65 bits per heavy atom. The van der Waals surface area contributed by atoms with E-state index in [1.807, 2.05) is 0 Å². The van der Waals surface area contributed by atoms with Gasteiger partial charge in [0, 0.05) is 18.8 Å². The number of benzene rings is 1. The molecule has 0 N–H and O–H groups in total. The van der Waals surface area contributed by atoms with Crippen molar-refractivity contribution in [3.05, 3.63) is 35.9 Å². The second-order valence-corrected chi connectivity index (χ2v) is 5.24. The van der Waals surface area contributed by atoms with Crippen LogP contribution < -0.4 is 4.90 Å². The van der Waals surface area contributed by atoms with Gasteiger partial charge in [-0.25, -0.2) is 0 Å². The van der Waals surface area contributed by atoms with Crippen LogP contribution in [0.25, 0.3) is 6.08 Å². The van der Waals surface area contributed by atoms with Crippen molar-refractivity contribution in [3.8, 4) is 0 Å². The van der Waals surface area contributed by atoms with Gasteiger partial charge in [-0.1, -0.05) is 38.1 Å². The van der Waals surface area contributed by atoms with Crippen molar-refractivity contribution >= 4 is 11.8 Å². The third-order valence-electron chi connectivity index (χ3n) is 3.29. The summed E-state index contributed by atoms with van der Waals surface area (Å²) in [5, 5.41) is 0. The molecule has 1 saturated heterocycles. The standard InChI is InChI=1S/C16H23N/c1-14(2)6-7-15-8-10-16(11-9-15)17-12-4-3-5-13-17/h6-11,14H,3-5,12-13H2,1-2H3/b7-6+. The molecule has 0 saturated carbocycles. The minimum absolute atomic E-state index is 0.622. The molecule has 0 aliphatic carbocycles. The van der Waals surface area contributed by atoms with Gasteiger partial charge in [0.25, 0.3) is 0 Å². The lowest BCUT2D eigenvalue weighted by Gasteiger charge is -2.28. The molecule has 1 heterocycles. The Kier molecular flexibility index (Phi) is 4.24. The van der Waals surface area contributed by atoms with E-state index < -0.39 is 0 Å². The summed E-state index contributed by atoms with van der Waals surface area (Å²) in [5.74, 6) is 0.622. The summed E-state index contributed by atoms with van der Waals surface area (Å²) in [5.41, 5.74) is 2.69. The van der Waals surface area contributed by atoms with Crippen LogP contribution in [0.4, 0.5) is 5.69 Å². The zero-order valence-electron chi connectivity index (χ0n) is 11.0. The van der Waals surface area contributed by atoms with E-state index in [0.29, 0.717) is 5.92 Å². The number of hydrogen-bond acceptors (Lipinski definition) is 1. The molecule has 92 valence electrons. The second-order valence-electron chi connectivity index (χ2n) is 5.24. The minimum atomic E-state index is 0.622. The van der Waals surface area contributed by atoms with Gasteiger partial charge in [-0.15, -0.1) is 0 Å². The van der Waals surface area contributed by atoms with E-state index in [1.165, 1.54) is 43.6 Å². The van der Waals surface area contributed by atoms with Gasteiger partial charge in [0.15, 0.2) is 0 Å². The highest BCUT2D eigenvalue weighted by atomic mass is 15.1. The van der Waals surface area contributed by atoms with Crippen molar-refractivity contribution in [1.29, 1.82) is 0 Å². The predicted octanol–water partition coefficient (Wildman–Crippen LogP) is 4.35. The minimum Gasteiger partial charge on any atom is -0.372 e. The second kappa shape index (κ2) is 5.90. The topological polar surface area (TPSA) is 3.24 Å². The predicted molar refractivity (Wildman–Crippen MR) is 76.4 cm³/mol. The molecule has 0 amide bonds. The van der Waals surface area contributed by atoms with E-state index in [1.54, 1.807) is 0 Å². The number of hydrogen-bond donors (Lipinski definition) is 0. The van der Waals surface area contributed by atoms with Gasteiger partial charge < -0.3 is 4.90 Å². The molecule has 0 spiro atoms. The van der Waals surface area contributed by atoms with Crippen LogP contribution in [0.5, 0.6) is 0 Å². The Bertz CT molecular complexity index is 356. The summed E-state index contributed by atoms with van der Waals surface area (Å²) in [6.45, 7) is 6.86. The molecule has 0 atom stereocenters. The summed E-state index contributed by atoms with van der Waals surface area (Å²) < 4.78 is 0. The van der Waals surface area contributed by atoms with Crippen LogP contribution in [-0.4, -0.2) is 13.1 Å². The monoisotopic (exact) mass is 229 g/mol. The van der Waals surface area contributed by atoms with Crippen molar-refractivity contribution in [2.24, 2.45) is 5.92 Å². The average Bonchev–Trinajstić information content (AvgIpc) is 2.38. The van der Waals surface area contributed by atoms with Crippen LogP contribution in [0.3, 0.4) is 0 Å². The lowest BCUT2D eigenvalue weighted by atomic mass is 10.1. The van der Waals surface area contributed by atoms with E-state index in [4.69, 9.17) is 0 Å². The molecule has 1 fully saturated rings. The summed E-state index contributed by atoms with van der Waals surface area (Å²) in [4.78, 5) is 2.50. The highest BCUT2D eigenvalue weighted by molar-refractivity contribution is 5.56. The van der Waals surface area contributed by atoms with Crippen LogP contribution in [0.15, 0.2) is 30.3 Å². The molecule has 0 bridgehead atoms. The molecule has 1 aromatic rings. The maximum Gasteiger partial charge on any atom is 0.0366 e. The summed E-state index contributed by atoms with van der Waals surface area (Å²) in [7, 11) is 0. The summed E-state index contributed by atoms with van der Waals surface area (Å²) in [6.07, 6.45) is 8.54. The first kappa shape index (κ1) is 12.2.